The summed E-state index contributed by atoms with van der Waals surface area (Å²) < 4.78 is 2.07. The van der Waals surface area contributed by atoms with Crippen LogP contribution >= 0.6 is 23.4 Å². The van der Waals surface area contributed by atoms with Gasteiger partial charge in [0.25, 0.3) is 0 Å². The number of amides is 1. The molecule has 1 aliphatic heterocycles. The summed E-state index contributed by atoms with van der Waals surface area (Å²) in [6, 6.07) is 18.0. The fourth-order valence-corrected chi connectivity index (χ4v) is 5.28. The molecular formula is C26H32ClN5OS. The van der Waals surface area contributed by atoms with Crippen molar-refractivity contribution in [2.24, 2.45) is 0 Å². The number of carbonyl (C=O) groups excluding carboxylic acids is 1. The summed E-state index contributed by atoms with van der Waals surface area (Å²) >= 11 is 7.90. The number of halogens is 1. The first-order valence-electron chi connectivity index (χ1n) is 12.0. The van der Waals surface area contributed by atoms with E-state index in [0.29, 0.717) is 17.9 Å². The van der Waals surface area contributed by atoms with E-state index >= 15 is 0 Å². The fraction of sp³-hybridized carbons (Fsp3) is 0.423. The monoisotopic (exact) mass is 497 g/mol. The molecule has 8 heteroatoms. The lowest BCUT2D eigenvalue weighted by molar-refractivity contribution is -0.121. The van der Waals surface area contributed by atoms with Gasteiger partial charge in [0.15, 0.2) is 5.16 Å². The smallest absolute Gasteiger partial charge is 0.220 e. The van der Waals surface area contributed by atoms with Crippen LogP contribution in [0.25, 0.3) is 5.69 Å². The normalized spacial score (nSPS) is 14.3. The molecule has 2 aromatic carbocycles. The number of piperidine rings is 1. The van der Waals surface area contributed by atoms with Gasteiger partial charge in [-0.15, -0.1) is 10.2 Å². The minimum atomic E-state index is 0.124. The van der Waals surface area contributed by atoms with Gasteiger partial charge in [-0.05, 0) is 56.1 Å². The predicted octanol–water partition coefficient (Wildman–Crippen LogP) is 4.99. The Bertz CT molecular complexity index is 1050. The summed E-state index contributed by atoms with van der Waals surface area (Å²) in [4.78, 5) is 14.7. The Hall–Kier alpha value is -2.35. The number of aromatic nitrogens is 3. The molecule has 1 saturated heterocycles. The van der Waals surface area contributed by atoms with Crippen LogP contribution in [0.2, 0.25) is 5.02 Å². The van der Waals surface area contributed by atoms with Crippen LogP contribution < -0.4 is 5.32 Å². The van der Waals surface area contributed by atoms with Crippen LogP contribution in [-0.4, -0.2) is 57.5 Å². The van der Waals surface area contributed by atoms with Crippen LogP contribution in [0.3, 0.4) is 0 Å². The highest BCUT2D eigenvalue weighted by atomic mass is 35.5. The molecule has 0 unspecified atom stereocenters. The molecule has 0 aliphatic carbocycles. The number of nitrogens with one attached hydrogen (secondary N) is 1. The summed E-state index contributed by atoms with van der Waals surface area (Å²) in [6.07, 6.45) is 5.88. The molecule has 180 valence electrons. The summed E-state index contributed by atoms with van der Waals surface area (Å²) in [5, 5.41) is 13.5. The molecule has 34 heavy (non-hydrogen) atoms. The quantitative estimate of drug-likeness (QED) is 0.299. The van der Waals surface area contributed by atoms with E-state index in [1.807, 2.05) is 42.5 Å². The number of carbonyl (C=O) groups is 1. The van der Waals surface area contributed by atoms with Crippen molar-refractivity contribution in [3.8, 4) is 5.69 Å². The number of hydrogen-bond donors (Lipinski definition) is 1. The standard InChI is InChI=1S/C26H32ClN5OS/c27-22-11-7-12-23(20-22)32-24(19-21-9-3-1-4-10-21)29-30-26(32)34-18-8-13-25(33)28-14-17-31-15-5-2-6-16-31/h1,3-4,7,9-12,20H,2,5-6,8,13-19H2,(H,28,33). The maximum absolute atomic E-state index is 12.2. The third-order valence-corrected chi connectivity index (χ3v) is 7.20. The Morgan fingerprint density at radius 3 is 2.65 bits per heavy atom. The van der Waals surface area contributed by atoms with Gasteiger partial charge in [0.1, 0.15) is 5.82 Å². The molecule has 6 nitrogen and oxygen atoms in total. The van der Waals surface area contributed by atoms with Crippen LogP contribution in [0.1, 0.15) is 43.5 Å². The van der Waals surface area contributed by atoms with Crippen molar-refractivity contribution in [1.29, 1.82) is 0 Å². The van der Waals surface area contributed by atoms with Gasteiger partial charge in [0.2, 0.25) is 5.91 Å². The second-order valence-corrected chi connectivity index (χ2v) is 10.1. The first-order valence-corrected chi connectivity index (χ1v) is 13.4. The van der Waals surface area contributed by atoms with Gasteiger partial charge in [-0.25, -0.2) is 0 Å². The molecule has 0 atom stereocenters. The first kappa shape index (κ1) is 24.8. The Labute approximate surface area is 211 Å². The maximum atomic E-state index is 12.2. The average Bonchev–Trinajstić information content (AvgIpc) is 3.25. The summed E-state index contributed by atoms with van der Waals surface area (Å²) in [5.41, 5.74) is 2.12. The second kappa shape index (κ2) is 12.9. The minimum absolute atomic E-state index is 0.124. The Morgan fingerprint density at radius 2 is 1.85 bits per heavy atom. The third kappa shape index (κ3) is 7.32. The van der Waals surface area contributed by atoms with Crippen LogP contribution in [0.15, 0.2) is 59.8 Å². The van der Waals surface area contributed by atoms with Crippen molar-refractivity contribution in [2.75, 3.05) is 31.9 Å². The lowest BCUT2D eigenvalue weighted by atomic mass is 10.1. The first-order chi connectivity index (χ1) is 16.7. The SMILES string of the molecule is O=C(CCCSc1nnc(Cc2ccccc2)n1-c1cccc(Cl)c1)NCCN1CCCCC1. The van der Waals surface area contributed by atoms with Crippen molar-refractivity contribution in [3.63, 3.8) is 0 Å². The van der Waals surface area contributed by atoms with E-state index in [0.717, 1.165) is 55.0 Å². The molecule has 1 aromatic heterocycles. The molecule has 3 aromatic rings. The van der Waals surface area contributed by atoms with Crippen LogP contribution in [0.5, 0.6) is 0 Å². The highest BCUT2D eigenvalue weighted by Gasteiger charge is 2.16. The van der Waals surface area contributed by atoms with Gasteiger partial charge < -0.3 is 10.2 Å². The highest BCUT2D eigenvalue weighted by Crippen LogP contribution is 2.26. The lowest BCUT2D eigenvalue weighted by Gasteiger charge is -2.26. The van der Waals surface area contributed by atoms with Crippen LogP contribution in [0, 0.1) is 0 Å². The van der Waals surface area contributed by atoms with Crippen LogP contribution in [0.4, 0.5) is 0 Å². The number of benzene rings is 2. The molecule has 2 heterocycles. The highest BCUT2D eigenvalue weighted by molar-refractivity contribution is 7.99. The number of thioether (sulfide) groups is 1. The Kier molecular flexibility index (Phi) is 9.42. The van der Waals surface area contributed by atoms with E-state index in [9.17, 15) is 4.79 Å². The van der Waals surface area contributed by atoms with E-state index in [4.69, 9.17) is 11.6 Å². The molecule has 0 radical (unpaired) electrons. The molecular weight excluding hydrogens is 466 g/mol. The zero-order valence-corrected chi connectivity index (χ0v) is 21.0. The molecule has 1 amide bonds. The molecule has 0 bridgehead atoms. The summed E-state index contributed by atoms with van der Waals surface area (Å²) in [6.45, 7) is 4.00. The van der Waals surface area contributed by atoms with Gasteiger partial charge in [0.05, 0.1) is 5.69 Å². The fourth-order valence-electron chi connectivity index (χ4n) is 4.18. The third-order valence-electron chi connectivity index (χ3n) is 5.95. The molecule has 1 fully saturated rings. The maximum Gasteiger partial charge on any atom is 0.220 e. The minimum Gasteiger partial charge on any atom is -0.355 e. The lowest BCUT2D eigenvalue weighted by Crippen LogP contribution is -2.37. The zero-order chi connectivity index (χ0) is 23.6. The molecule has 1 aliphatic rings. The van der Waals surface area contributed by atoms with Crippen molar-refractivity contribution >= 4 is 29.3 Å². The van der Waals surface area contributed by atoms with Crippen molar-refractivity contribution in [2.45, 2.75) is 43.7 Å². The van der Waals surface area contributed by atoms with Gasteiger partial charge >= 0.3 is 0 Å². The molecule has 0 saturated carbocycles. The Balaban J connectivity index is 1.31. The molecule has 4 rings (SSSR count). The summed E-state index contributed by atoms with van der Waals surface area (Å²) in [5.74, 6) is 1.79. The Morgan fingerprint density at radius 1 is 1.03 bits per heavy atom. The van der Waals surface area contributed by atoms with E-state index < -0.39 is 0 Å². The number of nitrogens with zero attached hydrogens (tertiary/aromatic N) is 4. The summed E-state index contributed by atoms with van der Waals surface area (Å²) in [7, 11) is 0. The second-order valence-electron chi connectivity index (χ2n) is 8.58. The van der Waals surface area contributed by atoms with E-state index in [-0.39, 0.29) is 5.91 Å². The average molecular weight is 498 g/mol. The van der Waals surface area contributed by atoms with Crippen molar-refractivity contribution in [1.82, 2.24) is 25.0 Å². The zero-order valence-electron chi connectivity index (χ0n) is 19.5. The topological polar surface area (TPSA) is 63.1 Å². The van der Waals surface area contributed by atoms with Crippen molar-refractivity contribution in [3.05, 3.63) is 71.0 Å². The van der Waals surface area contributed by atoms with Crippen LogP contribution in [-0.2, 0) is 11.2 Å². The number of rotatable bonds is 11. The van der Waals surface area contributed by atoms with Gasteiger partial charge in [-0.1, -0.05) is 66.2 Å². The number of hydrogen-bond acceptors (Lipinski definition) is 5. The van der Waals surface area contributed by atoms with Crippen molar-refractivity contribution < 1.29 is 4.79 Å². The van der Waals surface area contributed by atoms with Gasteiger partial charge in [-0.2, -0.15) is 0 Å². The van der Waals surface area contributed by atoms with Gasteiger partial charge in [0, 0.05) is 36.7 Å². The number of likely N-dealkylation sites (tertiary alicyclic amines) is 1. The predicted molar refractivity (Wildman–Crippen MR) is 139 cm³/mol. The van der Waals surface area contributed by atoms with Gasteiger partial charge in [-0.3, -0.25) is 9.36 Å². The molecule has 1 N–H and O–H groups in total. The van der Waals surface area contributed by atoms with E-state index in [1.165, 1.54) is 24.8 Å². The van der Waals surface area contributed by atoms with E-state index in [1.54, 1.807) is 11.8 Å². The molecule has 0 spiro atoms. The van der Waals surface area contributed by atoms with E-state index in [2.05, 4.69) is 37.1 Å². The largest absolute Gasteiger partial charge is 0.355 e.